The number of ether oxygens (including phenoxy) is 1. The highest BCUT2D eigenvalue weighted by atomic mass is 35.5. The number of nitrogens with zero attached hydrogens (tertiary/aromatic N) is 1. The highest BCUT2D eigenvalue weighted by Gasteiger charge is 2.33. The molecule has 1 amide bonds. The largest absolute Gasteiger partial charge is 0.452 e. The summed E-state index contributed by atoms with van der Waals surface area (Å²) in [5.41, 5.74) is -0.0949. The minimum absolute atomic E-state index is 0.102. The van der Waals surface area contributed by atoms with E-state index in [0.717, 1.165) is 18.9 Å². The molecule has 1 atom stereocenters. The molecule has 0 radical (unpaired) electrons. The van der Waals surface area contributed by atoms with Crippen molar-refractivity contribution in [3.63, 3.8) is 0 Å². The van der Waals surface area contributed by atoms with E-state index in [-0.39, 0.29) is 22.3 Å². The van der Waals surface area contributed by atoms with Crippen molar-refractivity contribution >= 4 is 34.9 Å². The summed E-state index contributed by atoms with van der Waals surface area (Å²) < 4.78 is 5.00. The van der Waals surface area contributed by atoms with E-state index in [2.05, 4.69) is 5.32 Å². The molecule has 112 valence electrons. The lowest BCUT2D eigenvalue weighted by molar-refractivity contribution is -0.384. The Morgan fingerprint density at radius 1 is 1.48 bits per heavy atom. The normalized spacial score (nSPS) is 15.1. The van der Waals surface area contributed by atoms with Crippen LogP contribution in [0.4, 0.5) is 11.4 Å². The summed E-state index contributed by atoms with van der Waals surface area (Å²) in [4.78, 5) is 33.5. The number of nitro benzene ring substituents is 1. The zero-order valence-electron chi connectivity index (χ0n) is 11.2. The Kier molecular flexibility index (Phi) is 4.42. The molecule has 1 aromatic rings. The molecule has 0 saturated heterocycles. The summed E-state index contributed by atoms with van der Waals surface area (Å²) in [5.74, 6) is -1.10. The number of halogens is 1. The number of hydrogen-bond donors (Lipinski definition) is 1. The first-order valence-corrected chi connectivity index (χ1v) is 6.71. The van der Waals surface area contributed by atoms with Gasteiger partial charge in [0.2, 0.25) is 0 Å². The van der Waals surface area contributed by atoms with Gasteiger partial charge in [0.15, 0.2) is 6.10 Å². The van der Waals surface area contributed by atoms with Crippen molar-refractivity contribution in [2.45, 2.75) is 25.9 Å². The zero-order valence-corrected chi connectivity index (χ0v) is 11.9. The van der Waals surface area contributed by atoms with Gasteiger partial charge in [0, 0.05) is 12.1 Å². The molecule has 1 saturated carbocycles. The monoisotopic (exact) mass is 312 g/mol. The van der Waals surface area contributed by atoms with Crippen LogP contribution in [0.5, 0.6) is 0 Å². The number of esters is 1. The Hall–Kier alpha value is -2.15. The number of nitrogens with one attached hydrogen (secondary N) is 1. The molecule has 0 bridgehead atoms. The third-order valence-electron chi connectivity index (χ3n) is 2.99. The second-order valence-electron chi connectivity index (χ2n) is 4.76. The van der Waals surface area contributed by atoms with E-state index in [1.54, 1.807) is 0 Å². The van der Waals surface area contributed by atoms with Crippen molar-refractivity contribution in [2.24, 2.45) is 5.92 Å². The molecule has 1 unspecified atom stereocenters. The summed E-state index contributed by atoms with van der Waals surface area (Å²) in [7, 11) is 0. The van der Waals surface area contributed by atoms with Gasteiger partial charge >= 0.3 is 5.97 Å². The molecule has 1 aromatic carbocycles. The molecule has 1 fully saturated rings. The molecule has 0 spiro atoms. The Bertz CT molecular complexity index is 600. The van der Waals surface area contributed by atoms with Gasteiger partial charge in [-0.15, -0.1) is 0 Å². The minimum Gasteiger partial charge on any atom is -0.452 e. The lowest BCUT2D eigenvalue weighted by Gasteiger charge is -2.14. The van der Waals surface area contributed by atoms with Gasteiger partial charge in [-0.2, -0.15) is 0 Å². The van der Waals surface area contributed by atoms with Gasteiger partial charge in [-0.25, -0.2) is 0 Å². The molecule has 7 nitrogen and oxygen atoms in total. The van der Waals surface area contributed by atoms with Crippen LogP contribution in [0, 0.1) is 16.0 Å². The van der Waals surface area contributed by atoms with Crippen LogP contribution in [0.25, 0.3) is 0 Å². The predicted molar refractivity (Wildman–Crippen MR) is 75.0 cm³/mol. The van der Waals surface area contributed by atoms with Gasteiger partial charge in [0.25, 0.3) is 11.6 Å². The summed E-state index contributed by atoms with van der Waals surface area (Å²) in [6, 6.07) is 3.69. The number of rotatable bonds is 5. The second kappa shape index (κ2) is 6.09. The van der Waals surface area contributed by atoms with Crippen molar-refractivity contribution < 1.29 is 19.2 Å². The molecule has 0 heterocycles. The van der Waals surface area contributed by atoms with Crippen LogP contribution in [-0.2, 0) is 14.3 Å². The first kappa shape index (κ1) is 15.2. The standard InChI is InChI=1S/C13H13ClN2O5/c1-7(21-13(18)8-2-3-8)12(17)15-11-6-9(16(19)20)4-5-10(11)14/h4-8H,2-3H2,1H3,(H,15,17). The molecule has 1 N–H and O–H groups in total. The van der Waals surface area contributed by atoms with Gasteiger partial charge < -0.3 is 10.1 Å². The molecule has 1 aliphatic rings. The second-order valence-corrected chi connectivity index (χ2v) is 5.17. The molecule has 8 heteroatoms. The maximum Gasteiger partial charge on any atom is 0.309 e. The molecule has 1 aliphatic carbocycles. The van der Waals surface area contributed by atoms with E-state index >= 15 is 0 Å². The van der Waals surface area contributed by atoms with Gasteiger partial charge in [-0.1, -0.05) is 11.6 Å². The number of carbonyl (C=O) groups is 2. The molecule has 0 aromatic heterocycles. The van der Waals surface area contributed by atoms with E-state index in [1.807, 2.05) is 0 Å². The highest BCUT2D eigenvalue weighted by Crippen LogP contribution is 2.31. The van der Waals surface area contributed by atoms with Gasteiger partial charge in [0.05, 0.1) is 21.6 Å². The summed E-state index contributed by atoms with van der Waals surface area (Å²) >= 11 is 5.87. The van der Waals surface area contributed by atoms with Crippen LogP contribution < -0.4 is 5.32 Å². The number of benzene rings is 1. The van der Waals surface area contributed by atoms with E-state index in [9.17, 15) is 19.7 Å². The SMILES string of the molecule is CC(OC(=O)C1CC1)C(=O)Nc1cc([N+](=O)[O-])ccc1Cl. The summed E-state index contributed by atoms with van der Waals surface area (Å²) in [5, 5.41) is 13.3. The molecule has 21 heavy (non-hydrogen) atoms. The first-order chi connectivity index (χ1) is 9.88. The Labute approximate surface area is 125 Å². The van der Waals surface area contributed by atoms with Crippen LogP contribution in [0.1, 0.15) is 19.8 Å². The number of hydrogen-bond acceptors (Lipinski definition) is 5. The molecule has 0 aliphatic heterocycles. The van der Waals surface area contributed by atoms with Gasteiger partial charge in [0.1, 0.15) is 0 Å². The fourth-order valence-electron chi connectivity index (χ4n) is 1.60. The van der Waals surface area contributed by atoms with Crippen molar-refractivity contribution in [3.8, 4) is 0 Å². The summed E-state index contributed by atoms with van der Waals surface area (Å²) in [6.07, 6.45) is 0.571. The Balaban J connectivity index is 2.02. The van der Waals surface area contributed by atoms with Crippen LogP contribution in [-0.4, -0.2) is 22.9 Å². The Morgan fingerprint density at radius 2 is 2.14 bits per heavy atom. The van der Waals surface area contributed by atoms with Crippen molar-refractivity contribution in [2.75, 3.05) is 5.32 Å². The van der Waals surface area contributed by atoms with Crippen molar-refractivity contribution in [1.29, 1.82) is 0 Å². The maximum absolute atomic E-state index is 11.9. The van der Waals surface area contributed by atoms with E-state index in [0.29, 0.717) is 0 Å². The number of anilines is 1. The lowest BCUT2D eigenvalue weighted by atomic mass is 10.2. The average Bonchev–Trinajstić information content (AvgIpc) is 3.25. The number of carbonyl (C=O) groups excluding carboxylic acids is 2. The summed E-state index contributed by atoms with van der Waals surface area (Å²) in [6.45, 7) is 1.43. The lowest BCUT2D eigenvalue weighted by Crippen LogP contribution is -2.30. The zero-order chi connectivity index (χ0) is 15.6. The van der Waals surface area contributed by atoms with Crippen LogP contribution in [0.3, 0.4) is 0 Å². The quantitative estimate of drug-likeness (QED) is 0.511. The fraction of sp³-hybridized carbons (Fsp3) is 0.385. The predicted octanol–water partition coefficient (Wildman–Crippen LogP) is 2.53. The van der Waals surface area contributed by atoms with Crippen molar-refractivity contribution in [1.82, 2.24) is 0 Å². The molecular formula is C13H13ClN2O5. The topological polar surface area (TPSA) is 98.5 Å². The average molecular weight is 313 g/mol. The minimum atomic E-state index is -0.992. The van der Waals surface area contributed by atoms with Crippen LogP contribution >= 0.6 is 11.6 Å². The number of non-ortho nitro benzene ring substituents is 1. The molecule has 2 rings (SSSR count). The van der Waals surface area contributed by atoms with Crippen molar-refractivity contribution in [3.05, 3.63) is 33.3 Å². The van der Waals surface area contributed by atoms with E-state index in [1.165, 1.54) is 19.1 Å². The molecular weight excluding hydrogens is 300 g/mol. The fourth-order valence-corrected chi connectivity index (χ4v) is 1.76. The highest BCUT2D eigenvalue weighted by molar-refractivity contribution is 6.33. The van der Waals surface area contributed by atoms with Gasteiger partial charge in [-0.3, -0.25) is 19.7 Å². The van der Waals surface area contributed by atoms with Gasteiger partial charge in [-0.05, 0) is 25.8 Å². The van der Waals surface area contributed by atoms with E-state index < -0.39 is 22.9 Å². The smallest absolute Gasteiger partial charge is 0.309 e. The Morgan fingerprint density at radius 3 is 2.71 bits per heavy atom. The number of amides is 1. The third kappa shape index (κ3) is 3.91. The maximum atomic E-state index is 11.9. The first-order valence-electron chi connectivity index (χ1n) is 6.34. The van der Waals surface area contributed by atoms with E-state index in [4.69, 9.17) is 16.3 Å². The van der Waals surface area contributed by atoms with Crippen LogP contribution in [0.15, 0.2) is 18.2 Å². The third-order valence-corrected chi connectivity index (χ3v) is 3.32. The van der Waals surface area contributed by atoms with Crippen LogP contribution in [0.2, 0.25) is 5.02 Å². The number of nitro groups is 1.